The van der Waals surface area contributed by atoms with Crippen LogP contribution in [0.4, 0.5) is 4.39 Å². The molecule has 0 amide bonds. The van der Waals surface area contributed by atoms with Gasteiger partial charge in [0, 0.05) is 17.0 Å². The molecule has 5 nitrogen and oxygen atoms in total. The van der Waals surface area contributed by atoms with E-state index in [-0.39, 0.29) is 22.5 Å². The molecule has 1 N–H and O–H groups in total. The van der Waals surface area contributed by atoms with Crippen molar-refractivity contribution in [1.29, 1.82) is 0 Å². The van der Waals surface area contributed by atoms with Crippen LogP contribution in [0.25, 0.3) is 11.1 Å². The van der Waals surface area contributed by atoms with Gasteiger partial charge in [-0.05, 0) is 72.6 Å². The second kappa shape index (κ2) is 13.0. The highest BCUT2D eigenvalue weighted by Gasteiger charge is 2.29. The van der Waals surface area contributed by atoms with Crippen LogP contribution < -0.4 is 0 Å². The number of nitrogens with zero attached hydrogens (tertiary/aromatic N) is 1. The number of aromatic nitrogens is 1. The fourth-order valence-corrected chi connectivity index (χ4v) is 5.61. The largest absolute Gasteiger partial charge is 0.386 e. The first-order valence-corrected chi connectivity index (χ1v) is 14.8. The Hall–Kier alpha value is -2.61. The topological polar surface area (TPSA) is 76.5 Å². The van der Waals surface area contributed by atoms with Gasteiger partial charge in [-0.15, -0.1) is 0 Å². The van der Waals surface area contributed by atoms with E-state index in [1.165, 1.54) is 24.3 Å². The minimum Gasteiger partial charge on any atom is -0.386 e. The van der Waals surface area contributed by atoms with Gasteiger partial charge in [-0.3, -0.25) is 9.17 Å². The van der Waals surface area contributed by atoms with E-state index in [9.17, 15) is 17.9 Å². The molecule has 1 aromatic heterocycles. The maximum Gasteiger partial charge on any atom is 0.297 e. The molecule has 1 atom stereocenters. The maximum absolute atomic E-state index is 13.9. The highest BCUT2D eigenvalue weighted by Crippen LogP contribution is 2.40. The molecule has 0 saturated heterocycles. The Morgan fingerprint density at radius 3 is 2.08 bits per heavy atom. The van der Waals surface area contributed by atoms with Crippen molar-refractivity contribution in [3.8, 4) is 11.1 Å². The average Bonchev–Trinajstić information content (AvgIpc) is 2.87. The average molecular weight is 542 g/mol. The van der Waals surface area contributed by atoms with Gasteiger partial charge in [0.25, 0.3) is 10.1 Å². The molecule has 0 aliphatic rings. The second-order valence-electron chi connectivity index (χ2n) is 10.5. The summed E-state index contributed by atoms with van der Waals surface area (Å²) in [6.07, 6.45) is 2.54. The molecular weight excluding hydrogens is 501 g/mol. The highest BCUT2D eigenvalue weighted by atomic mass is 32.2. The van der Waals surface area contributed by atoms with Crippen molar-refractivity contribution >= 4 is 10.1 Å². The van der Waals surface area contributed by atoms with Crippen LogP contribution in [-0.4, -0.2) is 25.1 Å². The van der Waals surface area contributed by atoms with Gasteiger partial charge in [0.15, 0.2) is 0 Å². The van der Waals surface area contributed by atoms with E-state index in [0.717, 1.165) is 53.6 Å². The SMILES string of the molecule is CCCCCc1c(C(C)C)nc(C(C)C)c([C@H](O)COS(=O)(=O)c2ccc(C)cc2)c1-c1ccc(F)cc1. The molecule has 0 aliphatic heterocycles. The smallest absolute Gasteiger partial charge is 0.297 e. The van der Waals surface area contributed by atoms with Gasteiger partial charge >= 0.3 is 0 Å². The molecule has 0 saturated carbocycles. The maximum atomic E-state index is 13.9. The Kier molecular flexibility index (Phi) is 10.2. The summed E-state index contributed by atoms with van der Waals surface area (Å²) < 4.78 is 45.1. The van der Waals surface area contributed by atoms with Gasteiger partial charge in [-0.1, -0.05) is 77.3 Å². The van der Waals surface area contributed by atoms with Crippen molar-refractivity contribution in [2.24, 2.45) is 0 Å². The molecule has 0 unspecified atom stereocenters. The molecule has 1 heterocycles. The van der Waals surface area contributed by atoms with E-state index in [4.69, 9.17) is 9.17 Å². The second-order valence-corrected chi connectivity index (χ2v) is 12.1. The number of aliphatic hydroxyl groups excluding tert-OH is 1. The normalized spacial score (nSPS) is 12.9. The van der Waals surface area contributed by atoms with Crippen LogP contribution >= 0.6 is 0 Å². The molecule has 0 bridgehead atoms. The number of hydrogen-bond acceptors (Lipinski definition) is 5. The molecule has 0 radical (unpaired) electrons. The van der Waals surface area contributed by atoms with Crippen LogP contribution in [0.1, 0.15) is 99.9 Å². The molecule has 7 heteroatoms. The molecule has 38 heavy (non-hydrogen) atoms. The third-order valence-electron chi connectivity index (χ3n) is 6.68. The van der Waals surface area contributed by atoms with Crippen molar-refractivity contribution in [2.45, 2.75) is 90.1 Å². The fourth-order valence-electron chi connectivity index (χ4n) is 4.69. The number of aliphatic hydroxyl groups is 1. The minimum absolute atomic E-state index is 0.0340. The lowest BCUT2D eigenvalue weighted by Crippen LogP contribution is -2.19. The van der Waals surface area contributed by atoms with Gasteiger partial charge in [0.2, 0.25) is 0 Å². The summed E-state index contributed by atoms with van der Waals surface area (Å²) in [5, 5.41) is 11.5. The van der Waals surface area contributed by atoms with Crippen LogP contribution in [-0.2, 0) is 20.7 Å². The van der Waals surface area contributed by atoms with Gasteiger partial charge in [-0.25, -0.2) is 4.39 Å². The summed E-state index contributed by atoms with van der Waals surface area (Å²) in [6.45, 7) is 11.7. The lowest BCUT2D eigenvalue weighted by molar-refractivity contribution is 0.110. The first-order valence-electron chi connectivity index (χ1n) is 13.4. The van der Waals surface area contributed by atoms with E-state index in [0.29, 0.717) is 11.3 Å². The predicted octanol–water partition coefficient (Wildman–Crippen LogP) is 7.61. The molecule has 2 aromatic carbocycles. The van der Waals surface area contributed by atoms with Gasteiger partial charge < -0.3 is 5.11 Å². The Morgan fingerprint density at radius 2 is 1.53 bits per heavy atom. The zero-order valence-electron chi connectivity index (χ0n) is 23.3. The Bertz CT molecular complexity index is 1320. The zero-order valence-corrected chi connectivity index (χ0v) is 24.1. The number of rotatable bonds is 12. The van der Waals surface area contributed by atoms with Crippen molar-refractivity contribution in [1.82, 2.24) is 4.98 Å². The monoisotopic (exact) mass is 541 g/mol. The van der Waals surface area contributed by atoms with Crippen molar-refractivity contribution in [2.75, 3.05) is 6.61 Å². The van der Waals surface area contributed by atoms with Crippen LogP contribution in [0.5, 0.6) is 0 Å². The number of hydrogen-bond donors (Lipinski definition) is 1. The third-order valence-corrected chi connectivity index (χ3v) is 7.97. The lowest BCUT2D eigenvalue weighted by atomic mass is 9.83. The molecule has 3 rings (SSSR count). The number of aryl methyl sites for hydroxylation is 1. The first kappa shape index (κ1) is 29.9. The van der Waals surface area contributed by atoms with Crippen LogP contribution in [0.2, 0.25) is 0 Å². The molecule has 0 aliphatic carbocycles. The molecule has 3 aromatic rings. The summed E-state index contributed by atoms with van der Waals surface area (Å²) in [4.78, 5) is 5.08. The fraction of sp³-hybridized carbons (Fsp3) is 0.452. The van der Waals surface area contributed by atoms with Gasteiger partial charge in [0.1, 0.15) is 11.9 Å². The van der Waals surface area contributed by atoms with Gasteiger partial charge in [0.05, 0.1) is 11.5 Å². The Balaban J connectivity index is 2.17. The van der Waals surface area contributed by atoms with Crippen LogP contribution in [0.3, 0.4) is 0 Å². The number of unbranched alkanes of at least 4 members (excludes halogenated alkanes) is 2. The van der Waals surface area contributed by atoms with E-state index in [2.05, 4.69) is 20.8 Å². The lowest BCUT2D eigenvalue weighted by Gasteiger charge is -2.27. The number of halogens is 1. The molecule has 0 spiro atoms. The Labute approximate surface area is 227 Å². The number of benzene rings is 2. The standard InChI is InChI=1S/C31H40FNO4S/c1-7-8-9-10-26-28(23-13-15-24(32)16-14-23)29(31(21(4)5)33-30(26)20(2)3)27(34)19-37-38(35,36)25-17-11-22(6)12-18-25/h11-18,20-21,27,34H,7-10,19H2,1-6H3/t27-/m1/s1. The van der Waals surface area contributed by atoms with Crippen molar-refractivity contribution in [3.05, 3.63) is 82.4 Å². The predicted molar refractivity (Wildman–Crippen MR) is 150 cm³/mol. The van der Waals surface area contributed by atoms with E-state index in [1.54, 1.807) is 24.3 Å². The van der Waals surface area contributed by atoms with Crippen LogP contribution in [0, 0.1) is 12.7 Å². The van der Waals surface area contributed by atoms with E-state index < -0.39 is 22.8 Å². The first-order chi connectivity index (χ1) is 18.0. The third kappa shape index (κ3) is 7.07. The molecule has 0 fully saturated rings. The number of pyridine rings is 1. The van der Waals surface area contributed by atoms with Gasteiger partial charge in [-0.2, -0.15) is 8.42 Å². The minimum atomic E-state index is -4.08. The van der Waals surface area contributed by atoms with Crippen LogP contribution in [0.15, 0.2) is 53.4 Å². The highest BCUT2D eigenvalue weighted by molar-refractivity contribution is 7.86. The summed E-state index contributed by atoms with van der Waals surface area (Å²) in [5.74, 6) is -0.263. The summed E-state index contributed by atoms with van der Waals surface area (Å²) in [5.41, 5.74) is 5.69. The summed E-state index contributed by atoms with van der Waals surface area (Å²) >= 11 is 0. The zero-order chi connectivity index (χ0) is 28.0. The van der Waals surface area contributed by atoms with Crippen molar-refractivity contribution < 1.29 is 22.1 Å². The summed E-state index contributed by atoms with van der Waals surface area (Å²) in [6, 6.07) is 12.6. The molecular formula is C31H40FNO4S. The van der Waals surface area contributed by atoms with E-state index in [1.807, 2.05) is 20.8 Å². The van der Waals surface area contributed by atoms with Crippen molar-refractivity contribution in [3.63, 3.8) is 0 Å². The quantitative estimate of drug-likeness (QED) is 0.189. The Morgan fingerprint density at radius 1 is 0.921 bits per heavy atom. The molecule has 206 valence electrons. The summed E-state index contributed by atoms with van der Waals surface area (Å²) in [7, 11) is -4.08. The van der Waals surface area contributed by atoms with E-state index >= 15 is 0 Å².